The van der Waals surface area contributed by atoms with Gasteiger partial charge in [0.15, 0.2) is 0 Å². The fraction of sp³-hybridized carbons (Fsp3) is 0.667. The molecule has 1 saturated carbocycles. The summed E-state index contributed by atoms with van der Waals surface area (Å²) in [5.74, 6) is 0.710. The average molecular weight is 389 g/mol. The molecular formula is C21H28N2O3S. The number of thiophene rings is 1. The van der Waals surface area contributed by atoms with Gasteiger partial charge in [-0.05, 0) is 62.3 Å². The Morgan fingerprint density at radius 1 is 1.19 bits per heavy atom. The maximum Gasteiger partial charge on any atom is 0.306 e. The molecule has 1 fully saturated rings. The first-order chi connectivity index (χ1) is 13.0. The number of fused-ring (bicyclic) bond motifs is 1. The normalized spacial score (nSPS) is 24.6. The van der Waals surface area contributed by atoms with Crippen LogP contribution in [0.2, 0.25) is 0 Å². The first kappa shape index (κ1) is 19.9. The number of hydrogen-bond donors (Lipinski definition) is 1. The van der Waals surface area contributed by atoms with Crippen LogP contribution in [0.25, 0.3) is 0 Å². The van der Waals surface area contributed by atoms with Crippen molar-refractivity contribution < 1.29 is 14.3 Å². The van der Waals surface area contributed by atoms with Gasteiger partial charge in [-0.25, -0.2) is 0 Å². The van der Waals surface area contributed by atoms with Crippen LogP contribution in [0.1, 0.15) is 74.8 Å². The molecule has 0 aliphatic heterocycles. The number of aryl methyl sites for hydroxylation is 1. The van der Waals surface area contributed by atoms with Gasteiger partial charge in [-0.3, -0.25) is 9.59 Å². The van der Waals surface area contributed by atoms with E-state index in [4.69, 9.17) is 4.74 Å². The molecule has 146 valence electrons. The zero-order chi connectivity index (χ0) is 19.4. The van der Waals surface area contributed by atoms with Crippen molar-refractivity contribution in [2.75, 3.05) is 5.32 Å². The number of carbonyl (C=O) groups excluding carboxylic acids is 2. The molecule has 0 saturated heterocycles. The van der Waals surface area contributed by atoms with Crippen LogP contribution in [0.5, 0.6) is 0 Å². The molecule has 3 unspecified atom stereocenters. The van der Waals surface area contributed by atoms with E-state index >= 15 is 0 Å². The molecule has 3 atom stereocenters. The van der Waals surface area contributed by atoms with E-state index < -0.39 is 0 Å². The second-order valence-corrected chi connectivity index (χ2v) is 9.06. The highest BCUT2D eigenvalue weighted by Gasteiger charge is 2.27. The van der Waals surface area contributed by atoms with Gasteiger partial charge in [-0.1, -0.05) is 13.8 Å². The monoisotopic (exact) mass is 388 g/mol. The molecule has 2 aliphatic carbocycles. The van der Waals surface area contributed by atoms with Gasteiger partial charge in [-0.2, -0.15) is 5.26 Å². The molecule has 1 aromatic heterocycles. The second kappa shape index (κ2) is 8.88. The second-order valence-electron chi connectivity index (χ2n) is 7.95. The highest BCUT2D eigenvalue weighted by molar-refractivity contribution is 7.16. The van der Waals surface area contributed by atoms with Crippen LogP contribution >= 0.6 is 11.3 Å². The largest absolute Gasteiger partial charge is 0.462 e. The third-order valence-electron chi connectivity index (χ3n) is 5.94. The maximum absolute atomic E-state index is 12.3. The molecule has 6 heteroatoms. The van der Waals surface area contributed by atoms with Gasteiger partial charge in [0.25, 0.3) is 0 Å². The number of rotatable bonds is 5. The van der Waals surface area contributed by atoms with Gasteiger partial charge in [0.1, 0.15) is 17.2 Å². The lowest BCUT2D eigenvalue weighted by molar-refractivity contribution is -0.152. The van der Waals surface area contributed by atoms with E-state index in [1.165, 1.54) is 16.2 Å². The SMILES string of the molecule is CC1CCC(OC(=O)CCC(=O)Nc2sc3c(c2C#N)CCCC3)CC1C. The van der Waals surface area contributed by atoms with Gasteiger partial charge >= 0.3 is 5.97 Å². The van der Waals surface area contributed by atoms with Gasteiger partial charge in [0, 0.05) is 11.3 Å². The summed E-state index contributed by atoms with van der Waals surface area (Å²) in [5.41, 5.74) is 1.71. The van der Waals surface area contributed by atoms with Gasteiger partial charge in [0.2, 0.25) is 5.91 Å². The molecule has 0 aromatic carbocycles. The van der Waals surface area contributed by atoms with Crippen LogP contribution in [0.3, 0.4) is 0 Å². The molecule has 5 nitrogen and oxygen atoms in total. The van der Waals surface area contributed by atoms with Crippen molar-refractivity contribution in [2.45, 2.75) is 77.7 Å². The standard InChI is InChI=1S/C21H28N2O3S/c1-13-7-8-15(11-14(13)2)26-20(25)10-9-19(24)23-21-17(12-22)16-5-3-4-6-18(16)27-21/h13-15H,3-11H2,1-2H3,(H,23,24). The van der Waals surface area contributed by atoms with Crippen LogP contribution in [0, 0.1) is 23.2 Å². The Morgan fingerprint density at radius 3 is 2.70 bits per heavy atom. The van der Waals surface area contributed by atoms with Crippen molar-refractivity contribution in [1.29, 1.82) is 5.26 Å². The number of ether oxygens (including phenoxy) is 1. The summed E-state index contributed by atoms with van der Waals surface area (Å²) in [6.07, 6.45) is 7.18. The number of anilines is 1. The molecule has 0 bridgehead atoms. The van der Waals surface area contributed by atoms with E-state index in [2.05, 4.69) is 25.2 Å². The number of carbonyl (C=O) groups is 2. The summed E-state index contributed by atoms with van der Waals surface area (Å²) >= 11 is 1.51. The Labute approximate surface area is 165 Å². The van der Waals surface area contributed by atoms with Crippen molar-refractivity contribution >= 4 is 28.2 Å². The highest BCUT2D eigenvalue weighted by atomic mass is 32.1. The minimum atomic E-state index is -0.303. The molecule has 2 aliphatic rings. The molecule has 0 radical (unpaired) electrons. The van der Waals surface area contributed by atoms with Crippen LogP contribution in [-0.2, 0) is 27.2 Å². The number of hydrogen-bond acceptors (Lipinski definition) is 5. The van der Waals surface area contributed by atoms with E-state index in [9.17, 15) is 14.9 Å². The molecule has 1 amide bonds. The average Bonchev–Trinajstić information content (AvgIpc) is 3.00. The summed E-state index contributed by atoms with van der Waals surface area (Å²) in [6.45, 7) is 4.44. The van der Waals surface area contributed by atoms with Crippen molar-refractivity contribution in [2.24, 2.45) is 11.8 Å². The summed E-state index contributed by atoms with van der Waals surface area (Å²) in [5, 5.41) is 12.9. The topological polar surface area (TPSA) is 79.2 Å². The maximum atomic E-state index is 12.3. The summed E-state index contributed by atoms with van der Waals surface area (Å²) in [6, 6.07) is 2.24. The van der Waals surface area contributed by atoms with Crippen molar-refractivity contribution in [1.82, 2.24) is 0 Å². The van der Waals surface area contributed by atoms with Gasteiger partial charge in [0.05, 0.1) is 12.0 Å². The van der Waals surface area contributed by atoms with Crippen molar-refractivity contribution in [3.05, 3.63) is 16.0 Å². The zero-order valence-corrected chi connectivity index (χ0v) is 17.0. The Balaban J connectivity index is 1.48. The summed E-state index contributed by atoms with van der Waals surface area (Å²) in [4.78, 5) is 25.6. The predicted octanol–water partition coefficient (Wildman–Crippen LogP) is 4.59. The Hall–Kier alpha value is -1.87. The number of nitrogens with zero attached hydrogens (tertiary/aromatic N) is 1. The fourth-order valence-electron chi connectivity index (χ4n) is 4.03. The summed E-state index contributed by atoms with van der Waals surface area (Å²) in [7, 11) is 0. The van der Waals surface area contributed by atoms with E-state index in [0.717, 1.165) is 50.5 Å². The lowest BCUT2D eigenvalue weighted by atomic mass is 9.80. The van der Waals surface area contributed by atoms with E-state index in [0.29, 0.717) is 22.4 Å². The third kappa shape index (κ3) is 4.90. The van der Waals surface area contributed by atoms with Crippen LogP contribution in [0.4, 0.5) is 5.00 Å². The predicted molar refractivity (Wildman–Crippen MR) is 106 cm³/mol. The van der Waals surface area contributed by atoms with E-state index in [-0.39, 0.29) is 30.8 Å². The Kier molecular flexibility index (Phi) is 6.54. The number of nitriles is 1. The summed E-state index contributed by atoms with van der Waals surface area (Å²) < 4.78 is 5.55. The lowest BCUT2D eigenvalue weighted by Crippen LogP contribution is -2.29. The smallest absolute Gasteiger partial charge is 0.306 e. The van der Waals surface area contributed by atoms with Crippen LogP contribution in [0.15, 0.2) is 0 Å². The highest BCUT2D eigenvalue weighted by Crippen LogP contribution is 2.37. The minimum Gasteiger partial charge on any atom is -0.462 e. The van der Waals surface area contributed by atoms with E-state index in [1.807, 2.05) is 0 Å². The van der Waals surface area contributed by atoms with Gasteiger partial charge < -0.3 is 10.1 Å². The van der Waals surface area contributed by atoms with E-state index in [1.54, 1.807) is 0 Å². The first-order valence-electron chi connectivity index (χ1n) is 10.0. The zero-order valence-electron chi connectivity index (χ0n) is 16.2. The number of nitrogens with one attached hydrogen (secondary N) is 1. The molecule has 3 rings (SSSR count). The molecule has 1 heterocycles. The van der Waals surface area contributed by atoms with Gasteiger partial charge in [-0.15, -0.1) is 11.3 Å². The quantitative estimate of drug-likeness (QED) is 0.749. The van der Waals surface area contributed by atoms with Crippen molar-refractivity contribution in [3.63, 3.8) is 0 Å². The fourth-order valence-corrected chi connectivity index (χ4v) is 5.28. The first-order valence-corrected chi connectivity index (χ1v) is 10.8. The lowest BCUT2D eigenvalue weighted by Gasteiger charge is -2.31. The minimum absolute atomic E-state index is 0.0130. The number of amides is 1. The molecular weight excluding hydrogens is 360 g/mol. The molecule has 1 aromatic rings. The van der Waals surface area contributed by atoms with Crippen LogP contribution < -0.4 is 5.32 Å². The Bertz CT molecular complexity index is 749. The Morgan fingerprint density at radius 2 is 1.96 bits per heavy atom. The molecule has 0 spiro atoms. The third-order valence-corrected chi connectivity index (χ3v) is 7.15. The molecule has 27 heavy (non-hydrogen) atoms. The number of esters is 1. The van der Waals surface area contributed by atoms with Crippen LogP contribution in [-0.4, -0.2) is 18.0 Å². The molecule has 1 N–H and O–H groups in total. The van der Waals surface area contributed by atoms with Crippen molar-refractivity contribution in [3.8, 4) is 6.07 Å².